The lowest BCUT2D eigenvalue weighted by Crippen LogP contribution is -2.29. The van der Waals surface area contributed by atoms with Gasteiger partial charge in [0.2, 0.25) is 0 Å². The molecule has 1 aliphatic heterocycles. The molecule has 1 saturated heterocycles. The Morgan fingerprint density at radius 3 is 2.13 bits per heavy atom. The summed E-state index contributed by atoms with van der Waals surface area (Å²) in [6.07, 6.45) is 0. The van der Waals surface area contributed by atoms with Gasteiger partial charge in [-0.1, -0.05) is 78.3 Å². The zero-order chi connectivity index (χ0) is 27.4. The van der Waals surface area contributed by atoms with Gasteiger partial charge in [0, 0.05) is 17.1 Å². The van der Waals surface area contributed by atoms with Crippen molar-refractivity contribution in [2.75, 3.05) is 7.11 Å². The lowest BCUT2D eigenvalue weighted by molar-refractivity contribution is -0.140. The van der Waals surface area contributed by atoms with E-state index < -0.39 is 17.7 Å². The number of hydrogen-bond acceptors (Lipinski definition) is 5. The molecule has 1 aliphatic rings. The summed E-state index contributed by atoms with van der Waals surface area (Å²) in [4.78, 5) is 28.2. The topological polar surface area (TPSA) is 76.1 Å². The van der Waals surface area contributed by atoms with Crippen LogP contribution in [-0.4, -0.2) is 28.8 Å². The smallest absolute Gasteiger partial charge is 0.295 e. The summed E-state index contributed by atoms with van der Waals surface area (Å²) in [7, 11) is 1.53. The van der Waals surface area contributed by atoms with Gasteiger partial charge in [0.15, 0.2) is 11.5 Å². The molecule has 1 N–H and O–H groups in total. The molecule has 4 aromatic carbocycles. The first-order valence-corrected chi connectivity index (χ1v) is 12.8. The Balaban J connectivity index is 1.57. The minimum absolute atomic E-state index is 0.00161. The molecule has 5 rings (SSSR count). The highest BCUT2D eigenvalue weighted by Crippen LogP contribution is 2.43. The number of hydrogen-bond donors (Lipinski definition) is 1. The summed E-state index contributed by atoms with van der Waals surface area (Å²) >= 11 is 6.03. The first-order valence-electron chi connectivity index (χ1n) is 12.4. The number of nitrogens with zero attached hydrogens (tertiary/aromatic N) is 1. The van der Waals surface area contributed by atoms with E-state index in [-0.39, 0.29) is 17.9 Å². The fourth-order valence-corrected chi connectivity index (χ4v) is 4.77. The zero-order valence-corrected chi connectivity index (χ0v) is 22.0. The molecular weight excluding hydrogens is 514 g/mol. The number of Topliss-reactive ketones (excluding diaryl/α,β-unsaturated/α-hetero) is 1. The predicted octanol–water partition coefficient (Wildman–Crippen LogP) is 6.55. The molecule has 39 heavy (non-hydrogen) atoms. The van der Waals surface area contributed by atoms with Gasteiger partial charge in [0.25, 0.3) is 11.7 Å². The number of likely N-dealkylation sites (tertiary alicyclic amines) is 1. The molecule has 0 radical (unpaired) electrons. The van der Waals surface area contributed by atoms with Crippen molar-refractivity contribution in [3.05, 3.63) is 136 Å². The lowest BCUT2D eigenvalue weighted by Gasteiger charge is -2.26. The van der Waals surface area contributed by atoms with Crippen LogP contribution in [0.25, 0.3) is 5.76 Å². The van der Waals surface area contributed by atoms with Crippen LogP contribution in [0.15, 0.2) is 109 Å². The largest absolute Gasteiger partial charge is 0.507 e. The van der Waals surface area contributed by atoms with Crippen LogP contribution in [0.1, 0.15) is 28.3 Å². The van der Waals surface area contributed by atoms with Crippen LogP contribution in [-0.2, 0) is 22.7 Å². The van der Waals surface area contributed by atoms with Crippen LogP contribution in [0.2, 0.25) is 5.02 Å². The van der Waals surface area contributed by atoms with Crippen molar-refractivity contribution in [2.45, 2.75) is 19.2 Å². The van der Waals surface area contributed by atoms with E-state index in [0.29, 0.717) is 34.3 Å². The van der Waals surface area contributed by atoms with Crippen LogP contribution in [0.4, 0.5) is 0 Å². The number of ether oxygens (including phenoxy) is 2. The number of amides is 1. The van der Waals surface area contributed by atoms with Crippen LogP contribution in [0.3, 0.4) is 0 Å². The van der Waals surface area contributed by atoms with E-state index in [4.69, 9.17) is 21.1 Å². The highest BCUT2D eigenvalue weighted by Gasteiger charge is 2.46. The zero-order valence-electron chi connectivity index (χ0n) is 21.2. The predicted molar refractivity (Wildman–Crippen MR) is 150 cm³/mol. The number of halogens is 1. The van der Waals surface area contributed by atoms with E-state index in [2.05, 4.69) is 0 Å². The number of carbonyl (C=O) groups is 2. The third-order valence-electron chi connectivity index (χ3n) is 6.59. The summed E-state index contributed by atoms with van der Waals surface area (Å²) in [6, 6.07) is 30.0. The van der Waals surface area contributed by atoms with Crippen LogP contribution >= 0.6 is 11.6 Å². The second-order valence-corrected chi connectivity index (χ2v) is 9.54. The van der Waals surface area contributed by atoms with Crippen molar-refractivity contribution in [1.29, 1.82) is 0 Å². The number of benzene rings is 4. The maximum atomic E-state index is 13.4. The molecule has 0 aromatic heterocycles. The summed E-state index contributed by atoms with van der Waals surface area (Å²) < 4.78 is 11.6. The van der Waals surface area contributed by atoms with Crippen molar-refractivity contribution in [3.63, 3.8) is 0 Å². The molecule has 7 heteroatoms. The average molecular weight is 540 g/mol. The van der Waals surface area contributed by atoms with Gasteiger partial charge in [-0.15, -0.1) is 0 Å². The SMILES string of the molecule is COc1cc(C2C(=C(O)c3ccc(Cl)cc3)C(=O)C(=O)N2Cc2ccccc2)ccc1OCc1ccccc1. The first kappa shape index (κ1) is 26.1. The number of methoxy groups -OCH3 is 1. The van der Waals surface area contributed by atoms with E-state index in [0.717, 1.165) is 11.1 Å². The van der Waals surface area contributed by atoms with Gasteiger partial charge >= 0.3 is 0 Å². The molecule has 0 spiro atoms. The minimum Gasteiger partial charge on any atom is -0.507 e. The molecule has 6 nitrogen and oxygen atoms in total. The molecular formula is C32H26ClNO5. The monoisotopic (exact) mass is 539 g/mol. The molecule has 196 valence electrons. The Hall–Kier alpha value is -4.55. The van der Waals surface area contributed by atoms with Gasteiger partial charge in [-0.3, -0.25) is 9.59 Å². The van der Waals surface area contributed by atoms with Crippen LogP contribution in [0, 0.1) is 0 Å². The molecule has 0 aliphatic carbocycles. The van der Waals surface area contributed by atoms with E-state index in [1.54, 1.807) is 42.5 Å². The van der Waals surface area contributed by atoms with E-state index in [1.807, 2.05) is 60.7 Å². The highest BCUT2D eigenvalue weighted by atomic mass is 35.5. The Bertz CT molecular complexity index is 1520. The maximum absolute atomic E-state index is 13.4. The van der Waals surface area contributed by atoms with Gasteiger partial charge in [-0.2, -0.15) is 0 Å². The lowest BCUT2D eigenvalue weighted by atomic mass is 9.94. The second-order valence-electron chi connectivity index (χ2n) is 9.10. The van der Waals surface area contributed by atoms with Gasteiger partial charge < -0.3 is 19.5 Å². The quantitative estimate of drug-likeness (QED) is 0.156. The van der Waals surface area contributed by atoms with Crippen LogP contribution in [0.5, 0.6) is 11.5 Å². The summed E-state index contributed by atoms with van der Waals surface area (Å²) in [5.74, 6) is -0.758. The molecule has 1 atom stereocenters. The van der Waals surface area contributed by atoms with Crippen molar-refractivity contribution in [3.8, 4) is 11.5 Å². The molecule has 1 heterocycles. The molecule has 0 saturated carbocycles. The minimum atomic E-state index is -0.849. The summed E-state index contributed by atoms with van der Waals surface area (Å²) in [6.45, 7) is 0.529. The fourth-order valence-electron chi connectivity index (χ4n) is 4.64. The number of rotatable bonds is 8. The molecule has 4 aromatic rings. The Kier molecular flexibility index (Phi) is 7.66. The van der Waals surface area contributed by atoms with Crippen molar-refractivity contribution in [1.82, 2.24) is 4.90 Å². The van der Waals surface area contributed by atoms with Crippen LogP contribution < -0.4 is 9.47 Å². The van der Waals surface area contributed by atoms with Crippen molar-refractivity contribution >= 4 is 29.1 Å². The van der Waals surface area contributed by atoms with E-state index in [1.165, 1.54) is 12.0 Å². The maximum Gasteiger partial charge on any atom is 0.295 e. The number of aliphatic hydroxyl groups is 1. The molecule has 1 unspecified atom stereocenters. The number of carbonyl (C=O) groups excluding carboxylic acids is 2. The van der Waals surface area contributed by atoms with Gasteiger partial charge in [-0.05, 0) is 53.1 Å². The standard InChI is InChI=1S/C32H26ClNO5/c1-38-27-18-24(14-17-26(27)39-20-22-10-6-3-7-11-22)29-28(30(35)23-12-15-25(33)16-13-23)31(36)32(37)34(29)19-21-8-4-2-5-9-21/h2-18,29,35H,19-20H2,1H3. The fraction of sp³-hybridized carbons (Fsp3) is 0.125. The van der Waals surface area contributed by atoms with Crippen molar-refractivity contribution < 1.29 is 24.2 Å². The van der Waals surface area contributed by atoms with E-state index >= 15 is 0 Å². The molecule has 1 amide bonds. The van der Waals surface area contributed by atoms with Gasteiger partial charge in [-0.25, -0.2) is 0 Å². The number of ketones is 1. The number of aliphatic hydroxyl groups excluding tert-OH is 1. The summed E-state index contributed by atoms with van der Waals surface area (Å²) in [5.41, 5.74) is 2.84. The third kappa shape index (κ3) is 5.52. The van der Waals surface area contributed by atoms with Gasteiger partial charge in [0.05, 0.1) is 18.7 Å². The first-order chi connectivity index (χ1) is 19.0. The Morgan fingerprint density at radius 2 is 1.49 bits per heavy atom. The molecule has 1 fully saturated rings. The normalized spacial score (nSPS) is 16.4. The Labute approximate surface area is 231 Å². The van der Waals surface area contributed by atoms with Crippen molar-refractivity contribution in [2.24, 2.45) is 0 Å². The van der Waals surface area contributed by atoms with Gasteiger partial charge in [0.1, 0.15) is 12.4 Å². The third-order valence-corrected chi connectivity index (χ3v) is 6.85. The average Bonchev–Trinajstić information content (AvgIpc) is 3.22. The van der Waals surface area contributed by atoms with E-state index in [9.17, 15) is 14.7 Å². The molecule has 0 bridgehead atoms. The Morgan fingerprint density at radius 1 is 0.846 bits per heavy atom. The second kappa shape index (κ2) is 11.5. The summed E-state index contributed by atoms with van der Waals surface area (Å²) in [5, 5.41) is 11.8. The highest BCUT2D eigenvalue weighted by molar-refractivity contribution is 6.46.